The summed E-state index contributed by atoms with van der Waals surface area (Å²) in [6.45, 7) is 6.16. The highest BCUT2D eigenvalue weighted by Crippen LogP contribution is 2.43. The Labute approximate surface area is 125 Å². The van der Waals surface area contributed by atoms with Crippen LogP contribution in [-0.2, 0) is 19.3 Å². The highest BCUT2D eigenvalue weighted by molar-refractivity contribution is 5.76. The van der Waals surface area contributed by atoms with Crippen LogP contribution in [0.4, 0.5) is 0 Å². The van der Waals surface area contributed by atoms with Gasteiger partial charge in [0, 0.05) is 5.56 Å². The minimum absolute atomic E-state index is 0.231. The molecule has 0 saturated carbocycles. The molecule has 3 N–H and O–H groups in total. The molecule has 3 heteroatoms. The van der Waals surface area contributed by atoms with Crippen LogP contribution in [0.1, 0.15) is 37.5 Å². The van der Waals surface area contributed by atoms with Gasteiger partial charge in [0.15, 0.2) is 11.5 Å². The van der Waals surface area contributed by atoms with Crippen molar-refractivity contribution in [1.29, 1.82) is 0 Å². The van der Waals surface area contributed by atoms with Crippen LogP contribution >= 0.6 is 0 Å². The minimum atomic E-state index is -0.448. The van der Waals surface area contributed by atoms with Crippen molar-refractivity contribution < 1.29 is 15.3 Å². The molecular formula is C18H22O3. The predicted molar refractivity (Wildman–Crippen MR) is 85.0 cm³/mol. The lowest BCUT2D eigenvalue weighted by Crippen LogP contribution is -1.94. The second kappa shape index (κ2) is 6.08. The second-order valence-corrected chi connectivity index (χ2v) is 5.16. The second-order valence-electron chi connectivity index (χ2n) is 5.16. The lowest BCUT2D eigenvalue weighted by Gasteiger charge is -2.15. The Bertz CT molecular complexity index is 660. The fourth-order valence-corrected chi connectivity index (χ4v) is 2.77. The first-order chi connectivity index (χ1) is 10.0. The van der Waals surface area contributed by atoms with Gasteiger partial charge in [-0.15, -0.1) is 0 Å². The zero-order valence-electron chi connectivity index (χ0n) is 12.8. The molecule has 0 atom stereocenters. The Morgan fingerprint density at radius 1 is 0.762 bits per heavy atom. The average molecular weight is 286 g/mol. The summed E-state index contributed by atoms with van der Waals surface area (Å²) < 4.78 is 0. The van der Waals surface area contributed by atoms with Crippen LogP contribution in [0.3, 0.4) is 0 Å². The molecule has 0 aromatic heterocycles. The molecule has 0 aliphatic carbocycles. The summed E-state index contributed by atoms with van der Waals surface area (Å²) in [6.07, 6.45) is 2.50. The van der Waals surface area contributed by atoms with Crippen molar-refractivity contribution in [1.82, 2.24) is 0 Å². The molecule has 2 aromatic rings. The number of hydrogen-bond donors (Lipinski definition) is 3. The molecule has 3 nitrogen and oxygen atoms in total. The van der Waals surface area contributed by atoms with E-state index in [9.17, 15) is 15.3 Å². The van der Waals surface area contributed by atoms with Gasteiger partial charge in [0.1, 0.15) is 0 Å². The van der Waals surface area contributed by atoms with Crippen LogP contribution in [0.15, 0.2) is 24.3 Å². The van der Waals surface area contributed by atoms with Crippen molar-refractivity contribution in [2.75, 3.05) is 0 Å². The Balaban J connectivity index is 2.67. The molecule has 0 spiro atoms. The highest BCUT2D eigenvalue weighted by atomic mass is 16.3. The molecular weight excluding hydrogens is 264 g/mol. The van der Waals surface area contributed by atoms with Gasteiger partial charge in [0.25, 0.3) is 0 Å². The third kappa shape index (κ3) is 2.68. The number of phenols is 3. The number of benzene rings is 2. The monoisotopic (exact) mass is 286 g/mol. The number of aromatic hydroxyl groups is 3. The fourth-order valence-electron chi connectivity index (χ4n) is 2.77. The smallest absolute Gasteiger partial charge is 0.200 e. The van der Waals surface area contributed by atoms with Crippen LogP contribution in [0, 0.1) is 0 Å². The van der Waals surface area contributed by atoms with E-state index in [1.807, 2.05) is 13.0 Å². The van der Waals surface area contributed by atoms with Crippen molar-refractivity contribution in [2.45, 2.75) is 40.0 Å². The van der Waals surface area contributed by atoms with Crippen molar-refractivity contribution in [3.8, 4) is 28.4 Å². The lowest BCUT2D eigenvalue weighted by molar-refractivity contribution is 0.365. The van der Waals surface area contributed by atoms with Crippen LogP contribution < -0.4 is 0 Å². The maximum atomic E-state index is 10.0. The van der Waals surface area contributed by atoms with Crippen molar-refractivity contribution in [2.24, 2.45) is 0 Å². The molecule has 2 rings (SSSR count). The van der Waals surface area contributed by atoms with Gasteiger partial charge in [0.2, 0.25) is 5.75 Å². The van der Waals surface area contributed by atoms with Gasteiger partial charge in [-0.1, -0.05) is 39.0 Å². The molecule has 0 aliphatic heterocycles. The maximum absolute atomic E-state index is 10.0. The van der Waals surface area contributed by atoms with E-state index in [0.29, 0.717) is 12.0 Å². The Morgan fingerprint density at radius 2 is 1.43 bits per heavy atom. The van der Waals surface area contributed by atoms with E-state index in [-0.39, 0.29) is 11.5 Å². The van der Waals surface area contributed by atoms with E-state index in [2.05, 4.69) is 26.0 Å². The molecule has 21 heavy (non-hydrogen) atoms. The normalized spacial score (nSPS) is 10.8. The molecule has 0 fully saturated rings. The van der Waals surface area contributed by atoms with E-state index in [1.165, 1.54) is 17.2 Å². The first-order valence-corrected chi connectivity index (χ1v) is 7.42. The van der Waals surface area contributed by atoms with E-state index < -0.39 is 5.75 Å². The molecule has 0 unspecified atom stereocenters. The van der Waals surface area contributed by atoms with Gasteiger partial charge < -0.3 is 15.3 Å². The highest BCUT2D eigenvalue weighted by Gasteiger charge is 2.17. The molecule has 0 heterocycles. The summed E-state index contributed by atoms with van der Waals surface area (Å²) in [5.74, 6) is -0.973. The summed E-state index contributed by atoms with van der Waals surface area (Å²) >= 11 is 0. The van der Waals surface area contributed by atoms with Crippen molar-refractivity contribution in [3.05, 3.63) is 41.0 Å². The van der Waals surface area contributed by atoms with Gasteiger partial charge in [0.05, 0.1) is 0 Å². The number of aryl methyl sites for hydroxylation is 2. The van der Waals surface area contributed by atoms with E-state index >= 15 is 0 Å². The Kier molecular flexibility index (Phi) is 4.41. The molecule has 0 saturated heterocycles. The van der Waals surface area contributed by atoms with Crippen LogP contribution in [0.5, 0.6) is 17.2 Å². The van der Waals surface area contributed by atoms with Gasteiger partial charge in [-0.3, -0.25) is 0 Å². The molecule has 0 bridgehead atoms. The molecule has 0 radical (unpaired) electrons. The minimum Gasteiger partial charge on any atom is -0.504 e. The van der Waals surface area contributed by atoms with E-state index in [0.717, 1.165) is 24.0 Å². The summed E-state index contributed by atoms with van der Waals surface area (Å²) in [5.41, 5.74) is 4.95. The average Bonchev–Trinajstić information content (AvgIpc) is 2.51. The first kappa shape index (κ1) is 15.2. The SMILES string of the molecule is CCc1ccc(-c2cc(O)c(O)c(O)c2CC)cc1CC. The van der Waals surface area contributed by atoms with Crippen LogP contribution in [0.2, 0.25) is 0 Å². The first-order valence-electron chi connectivity index (χ1n) is 7.42. The summed E-state index contributed by atoms with van der Waals surface area (Å²) in [7, 11) is 0. The Morgan fingerprint density at radius 3 is 2.00 bits per heavy atom. The third-order valence-electron chi connectivity index (χ3n) is 3.99. The van der Waals surface area contributed by atoms with Gasteiger partial charge in [-0.2, -0.15) is 0 Å². The number of phenolic OH excluding ortho intramolecular Hbond substituents is 3. The fraction of sp³-hybridized carbons (Fsp3) is 0.333. The van der Waals surface area contributed by atoms with Crippen LogP contribution in [0.25, 0.3) is 11.1 Å². The lowest BCUT2D eigenvalue weighted by atomic mass is 9.92. The standard InChI is InChI=1S/C18H22O3/c1-4-11-7-8-13(9-12(11)5-2)15-10-16(19)18(21)17(20)14(15)6-3/h7-10,19-21H,4-6H2,1-3H3. The van der Waals surface area contributed by atoms with Crippen molar-refractivity contribution in [3.63, 3.8) is 0 Å². The van der Waals surface area contributed by atoms with Gasteiger partial charge >= 0.3 is 0 Å². The molecule has 2 aromatic carbocycles. The number of rotatable bonds is 4. The van der Waals surface area contributed by atoms with Crippen LogP contribution in [-0.4, -0.2) is 15.3 Å². The number of hydrogen-bond acceptors (Lipinski definition) is 3. The topological polar surface area (TPSA) is 60.7 Å². The third-order valence-corrected chi connectivity index (χ3v) is 3.99. The van der Waals surface area contributed by atoms with E-state index in [4.69, 9.17) is 0 Å². The molecule has 112 valence electrons. The molecule has 0 amide bonds. The summed E-state index contributed by atoms with van der Waals surface area (Å²) in [4.78, 5) is 0. The summed E-state index contributed by atoms with van der Waals surface area (Å²) in [6, 6.07) is 7.72. The summed E-state index contributed by atoms with van der Waals surface area (Å²) in [5, 5.41) is 29.5. The zero-order valence-corrected chi connectivity index (χ0v) is 12.8. The largest absolute Gasteiger partial charge is 0.504 e. The zero-order chi connectivity index (χ0) is 15.6. The maximum Gasteiger partial charge on any atom is 0.200 e. The molecule has 0 aliphatic rings. The Hall–Kier alpha value is -2.16. The predicted octanol–water partition coefficient (Wildman–Crippen LogP) is 4.16. The van der Waals surface area contributed by atoms with Gasteiger partial charge in [-0.25, -0.2) is 0 Å². The van der Waals surface area contributed by atoms with Gasteiger partial charge in [-0.05, 0) is 47.6 Å². The van der Waals surface area contributed by atoms with E-state index in [1.54, 1.807) is 0 Å². The quantitative estimate of drug-likeness (QED) is 0.740. The van der Waals surface area contributed by atoms with Crippen molar-refractivity contribution >= 4 is 0 Å².